The molecule has 5 atom stereocenters. The fraction of sp³-hybridized carbons (Fsp3) is 0.373. The third-order valence-corrected chi connectivity index (χ3v) is 14.7. The summed E-state index contributed by atoms with van der Waals surface area (Å²) >= 11 is 3.21. The number of likely N-dealkylation sites (tertiary alicyclic amines) is 1. The van der Waals surface area contributed by atoms with Gasteiger partial charge < -0.3 is 35.4 Å². The van der Waals surface area contributed by atoms with E-state index in [1.54, 1.807) is 34.8 Å². The fourth-order valence-electron chi connectivity index (χ4n) is 8.65. The maximum absolute atomic E-state index is 14.2. The molecule has 2 aliphatic rings. The van der Waals surface area contributed by atoms with Crippen molar-refractivity contribution in [3.8, 4) is 21.2 Å². The minimum atomic E-state index is -1.01. The molecular weight excluding hydrogens is 915 g/mol. The van der Waals surface area contributed by atoms with Gasteiger partial charge in [0.25, 0.3) is 5.91 Å². The van der Waals surface area contributed by atoms with E-state index in [-0.39, 0.29) is 37.9 Å². The Hall–Kier alpha value is -6.76. The zero-order valence-corrected chi connectivity index (χ0v) is 41.8. The highest BCUT2D eigenvalue weighted by molar-refractivity contribution is 7.15. The van der Waals surface area contributed by atoms with E-state index in [9.17, 15) is 24.3 Å². The summed E-state index contributed by atoms with van der Waals surface area (Å²) < 4.78 is 12.9. The second-order valence-electron chi connectivity index (χ2n) is 18.6. The van der Waals surface area contributed by atoms with Crippen molar-refractivity contribution in [1.29, 1.82) is 0 Å². The van der Waals surface area contributed by atoms with Crippen molar-refractivity contribution in [2.75, 3.05) is 25.6 Å². The average molecular weight is 972 g/mol. The Morgan fingerprint density at radius 2 is 1.57 bits per heavy atom. The topological polar surface area (TPSA) is 202 Å². The summed E-state index contributed by atoms with van der Waals surface area (Å²) in [5.74, 6) is 0.00799. The quantitative estimate of drug-likeness (QED) is 0.0782. The Labute approximate surface area is 409 Å². The van der Waals surface area contributed by atoms with E-state index in [0.717, 1.165) is 65.4 Å². The molecule has 69 heavy (non-hydrogen) atoms. The number of anilines is 2. The lowest BCUT2D eigenvalue weighted by Gasteiger charge is -2.35. The predicted octanol–water partition coefficient (Wildman–Crippen LogP) is 7.63. The zero-order chi connectivity index (χ0) is 49.3. The summed E-state index contributed by atoms with van der Waals surface area (Å²) in [4.78, 5) is 67.0. The lowest BCUT2D eigenvalue weighted by molar-refractivity contribution is -0.144. The molecule has 8 rings (SSSR count). The summed E-state index contributed by atoms with van der Waals surface area (Å²) in [7, 11) is 1.36. The Morgan fingerprint density at radius 1 is 0.899 bits per heavy atom. The van der Waals surface area contributed by atoms with Gasteiger partial charge in [-0.25, -0.2) is 4.98 Å². The van der Waals surface area contributed by atoms with Gasteiger partial charge in [-0.15, -0.1) is 32.9 Å². The molecule has 0 unspecified atom stereocenters. The summed E-state index contributed by atoms with van der Waals surface area (Å²) in [6, 6.07) is 20.1. The van der Waals surface area contributed by atoms with Crippen LogP contribution in [-0.4, -0.2) is 97.6 Å². The van der Waals surface area contributed by atoms with Gasteiger partial charge in [-0.05, 0) is 93.1 Å². The van der Waals surface area contributed by atoms with Crippen LogP contribution in [0.2, 0.25) is 0 Å². The molecule has 360 valence electrons. The maximum Gasteiger partial charge on any atom is 0.308 e. The Bertz CT molecular complexity index is 2900. The van der Waals surface area contributed by atoms with Gasteiger partial charge in [0, 0.05) is 40.3 Å². The molecular formula is C51H57N9O7S2. The molecule has 4 N–H and O–H groups in total. The molecule has 3 amide bonds. The van der Waals surface area contributed by atoms with Crippen LogP contribution in [0, 0.1) is 33.1 Å². The van der Waals surface area contributed by atoms with Gasteiger partial charge in [-0.2, -0.15) is 0 Å². The number of fused-ring (bicyclic) bond motifs is 3. The zero-order valence-electron chi connectivity index (χ0n) is 40.1. The first-order valence-corrected chi connectivity index (χ1v) is 24.5. The molecule has 5 heterocycles. The molecule has 18 heteroatoms. The minimum absolute atomic E-state index is 0.0190. The second kappa shape index (κ2) is 20.1. The van der Waals surface area contributed by atoms with Crippen molar-refractivity contribution >= 4 is 63.5 Å². The summed E-state index contributed by atoms with van der Waals surface area (Å²) in [5.41, 5.74) is 9.29. The van der Waals surface area contributed by atoms with Gasteiger partial charge in [-0.1, -0.05) is 57.2 Å². The highest BCUT2D eigenvalue weighted by Gasteiger charge is 2.45. The monoisotopic (exact) mass is 971 g/mol. The number of aliphatic imine (C=N–C) groups is 1. The van der Waals surface area contributed by atoms with Gasteiger partial charge in [-0.3, -0.25) is 28.7 Å². The number of hydrogen-bond acceptors (Lipinski definition) is 14. The third-order valence-electron chi connectivity index (χ3n) is 12.6. The number of nitrogens with one attached hydrogen (secondary N) is 3. The van der Waals surface area contributed by atoms with Crippen molar-refractivity contribution in [3.05, 3.63) is 123 Å². The van der Waals surface area contributed by atoms with Crippen molar-refractivity contribution in [1.82, 2.24) is 35.3 Å². The number of β-amino-alcohol motifs (C(OH)–C–C–N with tert-alkyl or cyclic N) is 1. The number of aliphatic hydroxyl groups excluding tert-OH is 1. The van der Waals surface area contributed by atoms with Crippen LogP contribution in [0.5, 0.6) is 5.75 Å². The number of rotatable bonds is 14. The molecule has 0 saturated carbocycles. The Kier molecular flexibility index (Phi) is 14.2. The average Bonchev–Trinajstić information content (AvgIpc) is 4.09. The number of carbonyl (C=O) groups excluding carboxylic acids is 4. The van der Waals surface area contributed by atoms with Crippen molar-refractivity contribution < 1.29 is 33.8 Å². The minimum Gasteiger partial charge on any atom is -0.484 e. The largest absolute Gasteiger partial charge is 0.484 e. The predicted molar refractivity (Wildman–Crippen MR) is 266 cm³/mol. The number of carbonyl (C=O) groups is 4. The van der Waals surface area contributed by atoms with Gasteiger partial charge >= 0.3 is 5.97 Å². The molecule has 3 aromatic carbocycles. The highest BCUT2D eigenvalue weighted by Crippen LogP contribution is 2.40. The van der Waals surface area contributed by atoms with Crippen LogP contribution in [0.1, 0.15) is 97.1 Å². The lowest BCUT2D eigenvalue weighted by Crippen LogP contribution is -2.58. The number of thiazole rings is 1. The number of aromatic nitrogens is 4. The summed E-state index contributed by atoms with van der Waals surface area (Å²) in [5, 5.41) is 29.7. The van der Waals surface area contributed by atoms with E-state index < -0.39 is 47.4 Å². The van der Waals surface area contributed by atoms with Crippen molar-refractivity contribution in [2.24, 2.45) is 10.4 Å². The lowest BCUT2D eigenvalue weighted by atomic mass is 9.85. The first-order valence-electron chi connectivity index (χ1n) is 22.8. The smallest absolute Gasteiger partial charge is 0.308 e. The third kappa shape index (κ3) is 10.5. The number of thiophene rings is 1. The first kappa shape index (κ1) is 48.7. The molecule has 0 aliphatic carbocycles. The number of esters is 1. The van der Waals surface area contributed by atoms with Crippen molar-refractivity contribution in [2.45, 2.75) is 98.5 Å². The van der Waals surface area contributed by atoms with E-state index in [4.69, 9.17) is 14.5 Å². The maximum atomic E-state index is 14.2. The Morgan fingerprint density at radius 3 is 2.20 bits per heavy atom. The van der Waals surface area contributed by atoms with Crippen LogP contribution < -0.4 is 20.7 Å². The van der Waals surface area contributed by atoms with Crippen molar-refractivity contribution in [3.63, 3.8) is 0 Å². The summed E-state index contributed by atoms with van der Waals surface area (Å²) in [6.07, 6.45) is -0.799. The molecule has 2 aliphatic heterocycles. The van der Waals surface area contributed by atoms with Crippen LogP contribution >= 0.6 is 22.7 Å². The van der Waals surface area contributed by atoms with E-state index in [1.807, 2.05) is 112 Å². The number of methoxy groups -OCH3 is 1. The van der Waals surface area contributed by atoms with Gasteiger partial charge in [0.15, 0.2) is 12.4 Å². The number of amides is 3. The van der Waals surface area contributed by atoms with Crippen LogP contribution in [0.15, 0.2) is 83.3 Å². The van der Waals surface area contributed by atoms with Gasteiger partial charge in [0.1, 0.15) is 34.7 Å². The van der Waals surface area contributed by atoms with Gasteiger partial charge in [0.05, 0.1) is 47.5 Å². The van der Waals surface area contributed by atoms with Crippen LogP contribution in [0.4, 0.5) is 11.4 Å². The second-order valence-corrected chi connectivity index (χ2v) is 20.6. The highest BCUT2D eigenvalue weighted by atomic mass is 32.1. The standard InChI is InChI=1S/C51H57N9O7S2/c1-27-30(4)69-50-43(27)44(55-39(23-42(63)66-9)47-58-57-31(5)60(47)50)33-14-16-35(17-15-33)54-36-18-20-38(21-19-36)67-25-41(62)56-46(51(6,7)8)49(65)59-24-37(61)22-40(59)48(64)53-28(2)32-10-12-34(13-11-32)45-29(3)52-26-68-45/h10-21,26,28,37,39-40,46,54,61H,22-25H2,1-9H3,(H,53,64)(H,56,62)/t28-,37+,39-,40-,46+/m0/s1. The van der Waals surface area contributed by atoms with E-state index >= 15 is 0 Å². The number of hydrogen-bond donors (Lipinski definition) is 4. The SMILES string of the molecule is COC(=O)C[C@@H]1N=C(c2ccc(Nc3ccc(OCC(=O)N[C@H](C(=O)N4C[C@H](O)C[C@H]4C(=O)N[C@@H](C)c4ccc(-c5scnc5C)cc4)C(C)(C)C)cc3)cc2)c2c(sc(C)c2C)-n2c(C)nnc21. The summed E-state index contributed by atoms with van der Waals surface area (Å²) in [6.45, 7) is 15.0. The van der Waals surface area contributed by atoms with E-state index in [1.165, 1.54) is 12.0 Å². The fourth-order valence-corrected chi connectivity index (χ4v) is 10.7. The molecule has 16 nitrogen and oxygen atoms in total. The number of aliphatic hydroxyl groups is 1. The number of aryl methyl sites for hydroxylation is 3. The molecule has 1 saturated heterocycles. The van der Waals surface area contributed by atoms with Crippen LogP contribution in [-0.2, 0) is 23.9 Å². The normalized spacial score (nSPS) is 17.4. The number of nitrogens with zero attached hydrogens (tertiary/aromatic N) is 6. The number of benzene rings is 3. The number of ether oxygens (including phenoxy) is 2. The van der Waals surface area contributed by atoms with Crippen LogP contribution in [0.25, 0.3) is 15.4 Å². The molecule has 3 aromatic heterocycles. The molecule has 1 fully saturated rings. The van der Waals surface area contributed by atoms with E-state index in [0.29, 0.717) is 17.4 Å². The first-order chi connectivity index (χ1) is 32.9. The molecule has 0 radical (unpaired) electrons. The Balaban J connectivity index is 0.879. The molecule has 0 bridgehead atoms. The van der Waals surface area contributed by atoms with E-state index in [2.05, 4.69) is 45.0 Å². The molecule has 0 spiro atoms. The molecule has 6 aromatic rings. The van der Waals surface area contributed by atoms with Gasteiger partial charge in [0.2, 0.25) is 11.8 Å². The van der Waals surface area contributed by atoms with Crippen LogP contribution in [0.3, 0.4) is 0 Å².